The molecular weight excluding hydrogens is 351 g/mol. The average Bonchev–Trinajstić information content (AvgIpc) is 3.24. The van der Waals surface area contributed by atoms with Crippen LogP contribution in [0.5, 0.6) is 0 Å². The lowest BCUT2D eigenvalue weighted by Gasteiger charge is -2.24. The molecule has 1 amide bonds. The van der Waals surface area contributed by atoms with Crippen molar-refractivity contribution in [2.45, 2.75) is 31.7 Å². The van der Waals surface area contributed by atoms with Crippen LogP contribution in [0.25, 0.3) is 0 Å². The molecule has 0 saturated carbocycles. The molecule has 2 aromatic rings. The highest BCUT2D eigenvalue weighted by Gasteiger charge is 2.31. The fourth-order valence-electron chi connectivity index (χ4n) is 3.01. The van der Waals surface area contributed by atoms with Gasteiger partial charge in [-0.1, -0.05) is 12.1 Å². The third-order valence-corrected chi connectivity index (χ3v) is 4.88. The van der Waals surface area contributed by atoms with Gasteiger partial charge in [-0.15, -0.1) is 0 Å². The first kappa shape index (κ1) is 17.9. The molecule has 3 rings (SSSR count). The lowest BCUT2D eigenvalue weighted by Crippen LogP contribution is -2.30. The molecule has 25 heavy (non-hydrogen) atoms. The van der Waals surface area contributed by atoms with Gasteiger partial charge in [0.05, 0.1) is 12.6 Å². The fraction of sp³-hybridized carbons (Fsp3) is 0.389. The van der Waals surface area contributed by atoms with E-state index in [9.17, 15) is 18.0 Å². The number of carbonyl (C=O) groups excluding carboxylic acids is 1. The van der Waals surface area contributed by atoms with E-state index >= 15 is 0 Å². The highest BCUT2D eigenvalue weighted by molar-refractivity contribution is 7.08. The number of rotatable bonds is 5. The Labute approximate surface area is 148 Å². The van der Waals surface area contributed by atoms with Crippen LogP contribution < -0.4 is 0 Å². The SMILES string of the molecule is O=C(c1ccc(COCC(F)(F)F)cc1)N1CCCC1c1ccsc1. The van der Waals surface area contributed by atoms with Crippen LogP contribution in [0.15, 0.2) is 41.1 Å². The van der Waals surface area contributed by atoms with Crippen molar-refractivity contribution in [3.05, 3.63) is 57.8 Å². The summed E-state index contributed by atoms with van der Waals surface area (Å²) in [4.78, 5) is 14.6. The largest absolute Gasteiger partial charge is 0.411 e. The lowest BCUT2D eigenvalue weighted by molar-refractivity contribution is -0.176. The van der Waals surface area contributed by atoms with Crippen LogP contribution in [-0.2, 0) is 11.3 Å². The van der Waals surface area contributed by atoms with Gasteiger partial charge < -0.3 is 9.64 Å². The average molecular weight is 369 g/mol. The fourth-order valence-corrected chi connectivity index (χ4v) is 3.72. The highest BCUT2D eigenvalue weighted by Crippen LogP contribution is 2.34. The van der Waals surface area contributed by atoms with Gasteiger partial charge in [0.25, 0.3) is 5.91 Å². The monoisotopic (exact) mass is 369 g/mol. The normalized spacial score (nSPS) is 17.9. The molecule has 1 aliphatic rings. The van der Waals surface area contributed by atoms with Crippen LogP contribution in [0.1, 0.15) is 40.4 Å². The molecule has 1 atom stereocenters. The molecule has 2 heterocycles. The van der Waals surface area contributed by atoms with E-state index in [1.807, 2.05) is 16.3 Å². The number of nitrogens with zero attached hydrogens (tertiary/aromatic N) is 1. The maximum absolute atomic E-state index is 12.8. The molecule has 3 nitrogen and oxygen atoms in total. The van der Waals surface area contributed by atoms with E-state index in [4.69, 9.17) is 0 Å². The maximum atomic E-state index is 12.8. The van der Waals surface area contributed by atoms with E-state index in [-0.39, 0.29) is 18.6 Å². The van der Waals surface area contributed by atoms with Gasteiger partial charge in [0.1, 0.15) is 6.61 Å². The molecule has 1 fully saturated rings. The van der Waals surface area contributed by atoms with Crippen LogP contribution in [0, 0.1) is 0 Å². The van der Waals surface area contributed by atoms with E-state index < -0.39 is 12.8 Å². The molecule has 0 spiro atoms. The number of likely N-dealkylation sites (tertiary alicyclic amines) is 1. The van der Waals surface area contributed by atoms with E-state index in [0.717, 1.165) is 24.9 Å². The zero-order chi connectivity index (χ0) is 17.9. The Morgan fingerprint density at radius 3 is 2.64 bits per heavy atom. The first-order valence-electron chi connectivity index (χ1n) is 8.00. The Morgan fingerprint density at radius 1 is 1.24 bits per heavy atom. The summed E-state index contributed by atoms with van der Waals surface area (Å²) in [6, 6.07) is 8.73. The summed E-state index contributed by atoms with van der Waals surface area (Å²) in [5, 5.41) is 4.07. The molecular formula is C18H18F3NO2S. The molecule has 1 aliphatic heterocycles. The summed E-state index contributed by atoms with van der Waals surface area (Å²) in [6.07, 6.45) is -2.41. The Morgan fingerprint density at radius 2 is 2.00 bits per heavy atom. The zero-order valence-electron chi connectivity index (χ0n) is 13.5. The molecule has 1 unspecified atom stereocenters. The Bertz CT molecular complexity index is 698. The first-order chi connectivity index (χ1) is 11.9. The van der Waals surface area contributed by atoms with Crippen LogP contribution >= 0.6 is 11.3 Å². The molecule has 1 aromatic heterocycles. The van der Waals surface area contributed by atoms with E-state index in [0.29, 0.717) is 11.1 Å². The predicted octanol–water partition coefficient (Wildman–Crippen LogP) is 4.80. The molecule has 0 bridgehead atoms. The van der Waals surface area contributed by atoms with Crippen molar-refractivity contribution in [3.63, 3.8) is 0 Å². The molecule has 1 saturated heterocycles. The van der Waals surface area contributed by atoms with Gasteiger partial charge in [0.15, 0.2) is 0 Å². The van der Waals surface area contributed by atoms with Crippen molar-refractivity contribution in [2.75, 3.05) is 13.2 Å². The van der Waals surface area contributed by atoms with Crippen LogP contribution in [0.4, 0.5) is 13.2 Å². The number of hydrogen-bond donors (Lipinski definition) is 0. The minimum atomic E-state index is -4.33. The highest BCUT2D eigenvalue weighted by atomic mass is 32.1. The van der Waals surface area contributed by atoms with E-state index in [1.165, 1.54) is 0 Å². The number of ether oxygens (including phenoxy) is 1. The van der Waals surface area contributed by atoms with E-state index in [1.54, 1.807) is 35.6 Å². The molecule has 7 heteroatoms. The topological polar surface area (TPSA) is 29.5 Å². The number of hydrogen-bond acceptors (Lipinski definition) is 3. The van der Waals surface area contributed by atoms with E-state index in [2.05, 4.69) is 10.1 Å². The minimum Gasteiger partial charge on any atom is -0.367 e. The third-order valence-electron chi connectivity index (χ3n) is 4.18. The summed E-state index contributed by atoms with van der Waals surface area (Å²) in [5.41, 5.74) is 2.31. The van der Waals surface area contributed by atoms with Crippen LogP contribution in [0.2, 0.25) is 0 Å². The lowest BCUT2D eigenvalue weighted by atomic mass is 10.1. The predicted molar refractivity (Wildman–Crippen MR) is 89.5 cm³/mol. The summed E-state index contributed by atoms with van der Waals surface area (Å²) >= 11 is 1.62. The van der Waals surface area contributed by atoms with Crippen molar-refractivity contribution < 1.29 is 22.7 Å². The second-order valence-electron chi connectivity index (χ2n) is 6.02. The quantitative estimate of drug-likeness (QED) is 0.757. The molecule has 0 radical (unpaired) electrons. The van der Waals surface area contributed by atoms with Gasteiger partial charge in [0, 0.05) is 12.1 Å². The standard InChI is InChI=1S/C18H18F3NO2S/c19-18(20,21)12-24-10-13-3-5-14(6-4-13)17(23)22-8-1-2-16(22)15-7-9-25-11-15/h3-7,9,11,16H,1-2,8,10,12H2. The summed E-state index contributed by atoms with van der Waals surface area (Å²) in [6.45, 7) is -0.686. The molecule has 0 N–H and O–H groups in total. The van der Waals surface area contributed by atoms with Crippen molar-refractivity contribution in [1.29, 1.82) is 0 Å². The summed E-state index contributed by atoms with van der Waals surface area (Å²) in [5.74, 6) is -0.0449. The second-order valence-corrected chi connectivity index (χ2v) is 6.80. The van der Waals surface area contributed by atoms with Crippen molar-refractivity contribution in [3.8, 4) is 0 Å². The van der Waals surface area contributed by atoms with Gasteiger partial charge in [0.2, 0.25) is 0 Å². The Kier molecular flexibility index (Phi) is 5.44. The number of carbonyl (C=O) groups is 1. The van der Waals surface area contributed by atoms with Gasteiger partial charge in [-0.05, 0) is 52.9 Å². The first-order valence-corrected chi connectivity index (χ1v) is 8.95. The Balaban J connectivity index is 1.62. The number of halogens is 3. The molecule has 134 valence electrons. The van der Waals surface area contributed by atoms with Crippen LogP contribution in [-0.4, -0.2) is 30.1 Å². The molecule has 1 aromatic carbocycles. The maximum Gasteiger partial charge on any atom is 0.411 e. The van der Waals surface area contributed by atoms with Crippen molar-refractivity contribution in [2.24, 2.45) is 0 Å². The third kappa shape index (κ3) is 4.61. The zero-order valence-corrected chi connectivity index (χ0v) is 14.3. The van der Waals surface area contributed by atoms with Gasteiger partial charge in [-0.2, -0.15) is 24.5 Å². The van der Waals surface area contributed by atoms with Crippen LogP contribution in [0.3, 0.4) is 0 Å². The van der Waals surface area contributed by atoms with Gasteiger partial charge in [-0.25, -0.2) is 0 Å². The van der Waals surface area contributed by atoms with Crippen molar-refractivity contribution >= 4 is 17.2 Å². The Hall–Kier alpha value is -1.86. The van der Waals surface area contributed by atoms with Crippen molar-refractivity contribution in [1.82, 2.24) is 4.90 Å². The summed E-state index contributed by atoms with van der Waals surface area (Å²) < 4.78 is 40.9. The summed E-state index contributed by atoms with van der Waals surface area (Å²) in [7, 11) is 0. The molecule has 0 aliphatic carbocycles. The second kappa shape index (κ2) is 7.58. The number of thiophene rings is 1. The number of alkyl halides is 3. The van der Waals surface area contributed by atoms with Gasteiger partial charge >= 0.3 is 6.18 Å². The number of benzene rings is 1. The number of amides is 1. The smallest absolute Gasteiger partial charge is 0.367 e. The minimum absolute atomic E-state index is 0.0449. The van der Waals surface area contributed by atoms with Gasteiger partial charge in [-0.3, -0.25) is 4.79 Å².